The van der Waals surface area contributed by atoms with Crippen molar-refractivity contribution in [2.45, 2.75) is 36.5 Å². The summed E-state index contributed by atoms with van der Waals surface area (Å²) in [5.41, 5.74) is 8.60. The van der Waals surface area contributed by atoms with Crippen molar-refractivity contribution in [2.75, 3.05) is 39.8 Å². The zero-order valence-electron chi connectivity index (χ0n) is 24.4. The maximum absolute atomic E-state index is 14.0. The Balaban J connectivity index is 1.19. The van der Waals surface area contributed by atoms with Crippen molar-refractivity contribution in [2.24, 2.45) is 5.73 Å². The third-order valence-corrected chi connectivity index (χ3v) is 9.47. The van der Waals surface area contributed by atoms with E-state index in [9.17, 15) is 9.59 Å². The summed E-state index contributed by atoms with van der Waals surface area (Å²) in [6.07, 6.45) is 4.66. The van der Waals surface area contributed by atoms with Gasteiger partial charge in [0.1, 0.15) is 12.1 Å². The summed E-state index contributed by atoms with van der Waals surface area (Å²) in [6.45, 7) is 3.72. The summed E-state index contributed by atoms with van der Waals surface area (Å²) in [5.74, 6) is 0.198. The lowest BCUT2D eigenvalue weighted by atomic mass is 9.71. The number of nitrogens with zero attached hydrogens (tertiary/aromatic N) is 6. The number of carbonyl (C=O) groups excluding carboxylic acids is 2. The van der Waals surface area contributed by atoms with Crippen molar-refractivity contribution < 1.29 is 14.3 Å². The highest BCUT2D eigenvalue weighted by Gasteiger charge is 2.44. The molecule has 2 saturated heterocycles. The molecule has 2 fully saturated rings. The van der Waals surface area contributed by atoms with Crippen molar-refractivity contribution >= 4 is 11.8 Å². The summed E-state index contributed by atoms with van der Waals surface area (Å²) < 4.78 is 7.11. The van der Waals surface area contributed by atoms with E-state index in [4.69, 9.17) is 10.5 Å². The number of methoxy groups -OCH3 is 1. The lowest BCUT2D eigenvalue weighted by Crippen LogP contribution is -2.50. The molecule has 43 heavy (non-hydrogen) atoms. The Morgan fingerprint density at radius 1 is 0.907 bits per heavy atom. The van der Waals surface area contributed by atoms with Crippen LogP contribution < -0.4 is 10.5 Å². The fourth-order valence-corrected chi connectivity index (χ4v) is 6.84. The van der Waals surface area contributed by atoms with Gasteiger partial charge in [-0.15, -0.1) is 5.10 Å². The molecular formula is C33H37N7O3. The van der Waals surface area contributed by atoms with Crippen LogP contribution >= 0.6 is 0 Å². The van der Waals surface area contributed by atoms with Crippen LogP contribution in [-0.4, -0.2) is 81.7 Å². The molecule has 1 aromatic heterocycles. The van der Waals surface area contributed by atoms with Crippen LogP contribution in [0.15, 0.2) is 85.2 Å². The average Bonchev–Trinajstić information content (AvgIpc) is 3.76. The molecular weight excluding hydrogens is 542 g/mol. The van der Waals surface area contributed by atoms with Gasteiger partial charge in [0.2, 0.25) is 5.91 Å². The van der Waals surface area contributed by atoms with Gasteiger partial charge in [0.25, 0.3) is 5.91 Å². The first-order valence-corrected chi connectivity index (χ1v) is 14.8. The van der Waals surface area contributed by atoms with Gasteiger partial charge in [-0.3, -0.25) is 9.59 Å². The Hall–Kier alpha value is -4.57. The number of carbonyl (C=O) groups is 2. The highest BCUT2D eigenvalue weighted by Crippen LogP contribution is 2.41. The molecule has 2 aliphatic rings. The fraction of sp³-hybridized carbons (Fsp3) is 0.364. The Morgan fingerprint density at radius 2 is 1.60 bits per heavy atom. The van der Waals surface area contributed by atoms with E-state index in [1.807, 2.05) is 47.4 Å². The average molecular weight is 580 g/mol. The SMILES string of the molecule is COc1ccc(-n2cnnn2)cc1C(=O)N1CCC(CCN2CCC(C(N)=O)(c3ccccc3)CC2)(c2ccccc2)C1. The standard InChI is InChI=1S/C33H37N7O3/c1-43-29-13-12-27(40-24-35-36-37-40)22-28(29)30(41)39-21-15-32(23-39,25-8-4-2-5-9-25)14-18-38-19-16-33(17-20-38,31(34)42)26-10-6-3-7-11-26/h2-13,22,24H,14-21,23H2,1H3,(H2,34,42). The van der Waals surface area contributed by atoms with Gasteiger partial charge in [0.05, 0.1) is 23.8 Å². The van der Waals surface area contributed by atoms with Crippen LogP contribution in [0.25, 0.3) is 5.69 Å². The van der Waals surface area contributed by atoms with Gasteiger partial charge in [-0.25, -0.2) is 4.68 Å². The zero-order chi connectivity index (χ0) is 29.9. The molecule has 3 heterocycles. The van der Waals surface area contributed by atoms with E-state index < -0.39 is 5.41 Å². The number of tetrazole rings is 1. The third kappa shape index (κ3) is 5.50. The van der Waals surface area contributed by atoms with Crippen molar-refractivity contribution in [1.29, 1.82) is 0 Å². The Labute approximate surface area is 251 Å². The number of hydrogen-bond acceptors (Lipinski definition) is 7. The molecule has 6 rings (SSSR count). The van der Waals surface area contributed by atoms with Crippen LogP contribution in [-0.2, 0) is 15.6 Å². The first kappa shape index (κ1) is 28.5. The van der Waals surface area contributed by atoms with E-state index in [0.29, 0.717) is 42.9 Å². The van der Waals surface area contributed by atoms with Crippen molar-refractivity contribution in [1.82, 2.24) is 30.0 Å². The van der Waals surface area contributed by atoms with E-state index >= 15 is 0 Å². The minimum atomic E-state index is -0.624. The molecule has 1 unspecified atom stereocenters. The molecule has 1 atom stereocenters. The first-order valence-electron chi connectivity index (χ1n) is 14.8. The van der Waals surface area contributed by atoms with Gasteiger partial charge in [0.15, 0.2) is 0 Å². The molecule has 0 bridgehead atoms. The number of benzene rings is 3. The second kappa shape index (κ2) is 12.0. The van der Waals surface area contributed by atoms with Gasteiger partial charge in [-0.2, -0.15) is 0 Å². The lowest BCUT2D eigenvalue weighted by Gasteiger charge is -2.41. The van der Waals surface area contributed by atoms with Crippen LogP contribution in [0.3, 0.4) is 0 Å². The molecule has 222 valence electrons. The molecule has 10 heteroatoms. The zero-order valence-corrected chi connectivity index (χ0v) is 24.4. The molecule has 2 N–H and O–H groups in total. The van der Waals surface area contributed by atoms with E-state index in [1.165, 1.54) is 16.6 Å². The summed E-state index contributed by atoms with van der Waals surface area (Å²) in [4.78, 5) is 31.0. The highest BCUT2D eigenvalue weighted by molar-refractivity contribution is 5.98. The second-order valence-electron chi connectivity index (χ2n) is 11.7. The summed E-state index contributed by atoms with van der Waals surface area (Å²) >= 11 is 0. The van der Waals surface area contributed by atoms with Crippen molar-refractivity contribution in [3.8, 4) is 11.4 Å². The maximum atomic E-state index is 14.0. The number of amides is 2. The molecule has 0 spiro atoms. The Kier molecular flexibility index (Phi) is 7.94. The number of likely N-dealkylation sites (tertiary alicyclic amines) is 2. The van der Waals surface area contributed by atoms with Crippen LogP contribution in [0.1, 0.15) is 47.2 Å². The van der Waals surface area contributed by atoms with E-state index in [0.717, 1.165) is 38.0 Å². The first-order chi connectivity index (χ1) is 20.9. The number of nitrogens with two attached hydrogens (primary N) is 1. The predicted molar refractivity (Wildman–Crippen MR) is 162 cm³/mol. The largest absolute Gasteiger partial charge is 0.496 e. The third-order valence-electron chi connectivity index (χ3n) is 9.47. The lowest BCUT2D eigenvalue weighted by molar-refractivity contribution is -0.125. The Bertz CT molecular complexity index is 1550. The fourth-order valence-electron chi connectivity index (χ4n) is 6.84. The van der Waals surface area contributed by atoms with Crippen molar-refractivity contribution in [3.05, 3.63) is 102 Å². The second-order valence-corrected chi connectivity index (χ2v) is 11.7. The molecule has 2 amide bonds. The quantitative estimate of drug-likeness (QED) is 0.323. The topological polar surface area (TPSA) is 119 Å². The number of primary amides is 1. The molecule has 0 saturated carbocycles. The summed E-state index contributed by atoms with van der Waals surface area (Å²) in [5, 5.41) is 11.4. The number of rotatable bonds is 9. The number of piperidine rings is 1. The van der Waals surface area contributed by atoms with Gasteiger partial charge in [-0.1, -0.05) is 60.7 Å². The van der Waals surface area contributed by atoms with Gasteiger partial charge in [0, 0.05) is 18.5 Å². The van der Waals surface area contributed by atoms with E-state index in [-0.39, 0.29) is 17.2 Å². The molecule has 3 aromatic carbocycles. The smallest absolute Gasteiger partial charge is 0.257 e. The number of aromatic nitrogens is 4. The summed E-state index contributed by atoms with van der Waals surface area (Å²) in [7, 11) is 1.57. The predicted octanol–water partition coefficient (Wildman–Crippen LogP) is 3.36. The van der Waals surface area contributed by atoms with Gasteiger partial charge < -0.3 is 20.3 Å². The van der Waals surface area contributed by atoms with Crippen LogP contribution in [0.4, 0.5) is 0 Å². The minimum Gasteiger partial charge on any atom is -0.496 e. The normalized spacial score (nSPS) is 20.2. The minimum absolute atomic E-state index is 0.0725. The summed E-state index contributed by atoms with van der Waals surface area (Å²) in [6, 6.07) is 25.9. The van der Waals surface area contributed by atoms with Crippen LogP contribution in [0.2, 0.25) is 0 Å². The monoisotopic (exact) mass is 579 g/mol. The molecule has 10 nitrogen and oxygen atoms in total. The molecule has 0 aliphatic carbocycles. The highest BCUT2D eigenvalue weighted by atomic mass is 16.5. The molecule has 0 radical (unpaired) electrons. The maximum Gasteiger partial charge on any atom is 0.257 e. The van der Waals surface area contributed by atoms with Crippen LogP contribution in [0, 0.1) is 0 Å². The van der Waals surface area contributed by atoms with Crippen LogP contribution in [0.5, 0.6) is 5.75 Å². The molecule has 4 aromatic rings. The van der Waals surface area contributed by atoms with E-state index in [1.54, 1.807) is 19.2 Å². The number of hydrogen-bond donors (Lipinski definition) is 1. The van der Waals surface area contributed by atoms with Gasteiger partial charge >= 0.3 is 0 Å². The van der Waals surface area contributed by atoms with E-state index in [2.05, 4.69) is 44.7 Å². The van der Waals surface area contributed by atoms with Gasteiger partial charge in [-0.05, 0) is 85.1 Å². The number of ether oxygens (including phenoxy) is 1. The van der Waals surface area contributed by atoms with Crippen molar-refractivity contribution in [3.63, 3.8) is 0 Å². The Morgan fingerprint density at radius 3 is 2.23 bits per heavy atom. The molecule has 2 aliphatic heterocycles.